The molecule has 0 aromatic rings. The van der Waals surface area contributed by atoms with Gasteiger partial charge >= 0.3 is 19.8 Å². The Balaban J connectivity index is 4.39. The number of carbonyl (C=O) groups is 3. The minimum Gasteiger partial charge on any atom is -0.462 e. The molecule has 0 spiro atoms. The van der Waals surface area contributed by atoms with Gasteiger partial charge in [-0.05, 0) is 83.1 Å². The van der Waals surface area contributed by atoms with Crippen molar-refractivity contribution < 1.29 is 42.4 Å². The number of ketones is 1. The molecule has 0 rings (SSSR count). The number of rotatable bonds is 37. The molecular formula is C45H72NO9P. The van der Waals surface area contributed by atoms with E-state index in [4.69, 9.17) is 24.3 Å². The normalized spacial score (nSPS) is 14.2. The van der Waals surface area contributed by atoms with Gasteiger partial charge in [0.05, 0.1) is 13.2 Å². The summed E-state index contributed by atoms with van der Waals surface area (Å²) in [5.41, 5.74) is 5.33. The third kappa shape index (κ3) is 38.9. The van der Waals surface area contributed by atoms with Gasteiger partial charge in [-0.2, -0.15) is 0 Å². The van der Waals surface area contributed by atoms with Gasteiger partial charge in [0.2, 0.25) is 0 Å². The van der Waals surface area contributed by atoms with Gasteiger partial charge in [-0.15, -0.1) is 0 Å². The van der Waals surface area contributed by atoms with Gasteiger partial charge in [0.15, 0.2) is 11.9 Å². The van der Waals surface area contributed by atoms with E-state index in [-0.39, 0.29) is 38.4 Å². The summed E-state index contributed by atoms with van der Waals surface area (Å²) in [7, 11) is -4.42. The Morgan fingerprint density at radius 1 is 0.607 bits per heavy atom. The van der Waals surface area contributed by atoms with Crippen LogP contribution in [0, 0.1) is 0 Å². The van der Waals surface area contributed by atoms with E-state index in [1.54, 1.807) is 12.2 Å². The van der Waals surface area contributed by atoms with Gasteiger partial charge < -0.3 is 20.1 Å². The first-order valence-electron chi connectivity index (χ1n) is 20.7. The minimum absolute atomic E-state index is 0.0255. The van der Waals surface area contributed by atoms with Crippen LogP contribution in [-0.4, -0.2) is 55.1 Å². The monoisotopic (exact) mass is 801 g/mol. The van der Waals surface area contributed by atoms with Crippen molar-refractivity contribution in [2.45, 2.75) is 142 Å². The van der Waals surface area contributed by atoms with Crippen LogP contribution in [0.1, 0.15) is 136 Å². The van der Waals surface area contributed by atoms with Crippen molar-refractivity contribution in [1.29, 1.82) is 0 Å². The second-order valence-electron chi connectivity index (χ2n) is 13.2. The van der Waals surface area contributed by atoms with E-state index in [9.17, 15) is 23.8 Å². The van der Waals surface area contributed by atoms with Gasteiger partial charge in [0, 0.05) is 25.8 Å². The van der Waals surface area contributed by atoms with Crippen LogP contribution in [0.5, 0.6) is 0 Å². The number of allylic oxidation sites excluding steroid dienone is 16. The van der Waals surface area contributed by atoms with E-state index >= 15 is 0 Å². The molecule has 0 amide bonds. The summed E-state index contributed by atoms with van der Waals surface area (Å²) in [5.74, 6) is -0.806. The lowest BCUT2D eigenvalue weighted by atomic mass is 10.1. The number of ether oxygens (including phenoxy) is 2. The Morgan fingerprint density at radius 3 is 1.79 bits per heavy atom. The van der Waals surface area contributed by atoms with Crippen LogP contribution < -0.4 is 5.73 Å². The lowest BCUT2D eigenvalue weighted by molar-refractivity contribution is -0.161. The van der Waals surface area contributed by atoms with E-state index in [1.807, 2.05) is 36.5 Å². The summed E-state index contributed by atoms with van der Waals surface area (Å²) >= 11 is 0. The Hall–Kier alpha value is -3.40. The molecule has 0 aromatic carbocycles. The van der Waals surface area contributed by atoms with Crippen LogP contribution in [0.3, 0.4) is 0 Å². The SMILES string of the molecule is CC/C=C\C/C=C\C/C=C\C/C=C\CCCCCCC(=O)OC[C@H](COP(=O)(O)OCCN)OC(=O)CCC/C=C\C/C=C\C/C=C\C=C\C(=O)CCCCC. The van der Waals surface area contributed by atoms with Crippen LogP contribution >= 0.6 is 7.82 Å². The van der Waals surface area contributed by atoms with Gasteiger partial charge in [0.1, 0.15) is 6.61 Å². The topological polar surface area (TPSA) is 151 Å². The average molecular weight is 802 g/mol. The molecule has 0 saturated carbocycles. The van der Waals surface area contributed by atoms with Gasteiger partial charge in [-0.3, -0.25) is 23.4 Å². The number of phosphoric acid groups is 1. The molecule has 0 aliphatic heterocycles. The number of hydrogen-bond acceptors (Lipinski definition) is 9. The lowest BCUT2D eigenvalue weighted by Crippen LogP contribution is -2.29. The van der Waals surface area contributed by atoms with Crippen molar-refractivity contribution in [3.63, 3.8) is 0 Å². The summed E-state index contributed by atoms with van der Waals surface area (Å²) in [5, 5.41) is 0. The van der Waals surface area contributed by atoms with Crippen molar-refractivity contribution >= 4 is 25.5 Å². The molecule has 1 unspecified atom stereocenters. The molecular weight excluding hydrogens is 729 g/mol. The van der Waals surface area contributed by atoms with Crippen LogP contribution in [-0.2, 0) is 37.5 Å². The van der Waals surface area contributed by atoms with Crippen molar-refractivity contribution in [2.24, 2.45) is 5.73 Å². The zero-order chi connectivity index (χ0) is 41.2. The van der Waals surface area contributed by atoms with E-state index < -0.39 is 32.5 Å². The predicted molar refractivity (Wildman–Crippen MR) is 229 cm³/mol. The van der Waals surface area contributed by atoms with Crippen LogP contribution in [0.25, 0.3) is 0 Å². The van der Waals surface area contributed by atoms with Crippen LogP contribution in [0.2, 0.25) is 0 Å². The minimum atomic E-state index is -4.42. The summed E-state index contributed by atoms with van der Waals surface area (Å²) in [6.07, 6.45) is 47.1. The third-order valence-electron chi connectivity index (χ3n) is 7.93. The standard InChI is InChI=1S/C45H72NO9P/c1-3-5-7-8-9-10-11-12-13-14-15-16-19-22-25-28-32-36-44(48)52-40-43(41-54-56(50,51)53-39-38-46)55-45(49)37-33-29-26-23-20-17-18-21-24-27-31-35-42(47)34-30-6-4-2/h5,7,9-10,12-13,15-18,23-24,26-27,31,35,43H,3-4,6,8,11,14,19-22,25,28-30,32-34,36-41,46H2,1-2H3,(H,50,51)/b7-5-,10-9-,13-12-,16-15-,18-17-,26-23-,27-24-,35-31+/t43-/m1/s1. The second kappa shape index (κ2) is 39.8. The number of phosphoric ester groups is 1. The number of nitrogens with two attached hydrogens (primary N) is 1. The predicted octanol–water partition coefficient (Wildman–Crippen LogP) is 11.0. The molecule has 0 radical (unpaired) electrons. The maximum absolute atomic E-state index is 12.5. The van der Waals surface area contributed by atoms with Gasteiger partial charge in [0.25, 0.3) is 0 Å². The summed E-state index contributed by atoms with van der Waals surface area (Å²) in [4.78, 5) is 46.5. The molecule has 0 aliphatic carbocycles. The maximum Gasteiger partial charge on any atom is 0.472 e. The van der Waals surface area contributed by atoms with Crippen molar-refractivity contribution in [3.05, 3.63) is 97.2 Å². The molecule has 0 heterocycles. The smallest absolute Gasteiger partial charge is 0.462 e. The van der Waals surface area contributed by atoms with Crippen molar-refractivity contribution in [3.8, 4) is 0 Å². The molecule has 3 N–H and O–H groups in total. The number of carbonyl (C=O) groups excluding carboxylic acids is 3. The third-order valence-corrected chi connectivity index (χ3v) is 8.91. The van der Waals surface area contributed by atoms with E-state index in [0.29, 0.717) is 25.7 Å². The molecule has 11 heteroatoms. The van der Waals surface area contributed by atoms with Crippen LogP contribution in [0.4, 0.5) is 0 Å². The quantitative estimate of drug-likeness (QED) is 0.0155. The first-order valence-corrected chi connectivity index (χ1v) is 22.2. The number of esters is 2. The van der Waals surface area contributed by atoms with Crippen molar-refractivity contribution in [1.82, 2.24) is 0 Å². The molecule has 0 saturated heterocycles. The van der Waals surface area contributed by atoms with E-state index in [2.05, 4.69) is 62.5 Å². The maximum atomic E-state index is 12.5. The first-order chi connectivity index (χ1) is 27.2. The Bertz CT molecular complexity index is 1300. The lowest BCUT2D eigenvalue weighted by Gasteiger charge is -2.19. The molecule has 0 fully saturated rings. The van der Waals surface area contributed by atoms with Crippen LogP contribution in [0.15, 0.2) is 97.2 Å². The molecule has 0 aromatic heterocycles. The first kappa shape index (κ1) is 52.6. The molecule has 56 heavy (non-hydrogen) atoms. The Kier molecular flexibility index (Phi) is 37.4. The van der Waals surface area contributed by atoms with Crippen molar-refractivity contribution in [2.75, 3.05) is 26.4 Å². The highest BCUT2D eigenvalue weighted by Gasteiger charge is 2.25. The second-order valence-corrected chi connectivity index (χ2v) is 14.6. The zero-order valence-electron chi connectivity index (χ0n) is 34.3. The van der Waals surface area contributed by atoms with Gasteiger partial charge in [-0.25, -0.2) is 4.57 Å². The largest absolute Gasteiger partial charge is 0.472 e. The Morgan fingerprint density at radius 2 is 1.16 bits per heavy atom. The molecule has 0 bridgehead atoms. The van der Waals surface area contributed by atoms with Gasteiger partial charge in [-0.1, -0.05) is 131 Å². The molecule has 0 aliphatic rings. The van der Waals surface area contributed by atoms with E-state index in [1.165, 1.54) is 0 Å². The highest BCUT2D eigenvalue weighted by atomic mass is 31.2. The zero-order valence-corrected chi connectivity index (χ0v) is 35.2. The van der Waals surface area contributed by atoms with E-state index in [0.717, 1.165) is 83.5 Å². The number of hydrogen-bond donors (Lipinski definition) is 2. The molecule has 316 valence electrons. The molecule has 10 nitrogen and oxygen atoms in total. The average Bonchev–Trinajstić information content (AvgIpc) is 3.18. The fourth-order valence-corrected chi connectivity index (χ4v) is 5.63. The number of unbranched alkanes of at least 4 members (excludes halogenated alkanes) is 7. The molecule has 2 atom stereocenters. The summed E-state index contributed by atoms with van der Waals surface area (Å²) < 4.78 is 32.6. The fourth-order valence-electron chi connectivity index (χ4n) is 4.86. The summed E-state index contributed by atoms with van der Waals surface area (Å²) in [6.45, 7) is 3.31. The fraction of sp³-hybridized carbons (Fsp3) is 0.578. The highest BCUT2D eigenvalue weighted by Crippen LogP contribution is 2.43. The summed E-state index contributed by atoms with van der Waals surface area (Å²) in [6, 6.07) is 0. The Labute approximate surface area is 338 Å². The highest BCUT2D eigenvalue weighted by molar-refractivity contribution is 7.47.